The number of ether oxygens (including phenoxy) is 1. The number of hydrogen-bond donors (Lipinski definition) is 1. The topological polar surface area (TPSA) is 38.3 Å². The maximum atomic E-state index is 13.2. The standard InChI is InChI=1S/C17H15F4NO2/c1-24-15(11-5-4-6-12(18)9-11)10-22-16(23)13-7-2-3-8-14(13)17(19,20)21/h2-9,15H,10H2,1H3,(H,22,23)/t15-/m1/s1. The first kappa shape index (κ1) is 17.9. The average Bonchev–Trinajstić information content (AvgIpc) is 2.54. The molecule has 128 valence electrons. The maximum absolute atomic E-state index is 13.2. The van der Waals surface area contributed by atoms with Crippen molar-refractivity contribution in [3.8, 4) is 0 Å². The Labute approximate surface area is 136 Å². The number of carbonyl (C=O) groups excluding carboxylic acids is 1. The molecule has 2 aromatic carbocycles. The normalized spacial score (nSPS) is 12.7. The number of amides is 1. The van der Waals surface area contributed by atoms with Gasteiger partial charge in [-0.2, -0.15) is 13.2 Å². The Kier molecular flexibility index (Phi) is 5.56. The molecular formula is C17H15F4NO2. The molecule has 0 aliphatic carbocycles. The summed E-state index contributed by atoms with van der Waals surface area (Å²) in [7, 11) is 1.37. The van der Waals surface area contributed by atoms with Gasteiger partial charge in [-0.25, -0.2) is 4.39 Å². The number of benzene rings is 2. The highest BCUT2D eigenvalue weighted by Crippen LogP contribution is 2.31. The van der Waals surface area contributed by atoms with E-state index in [2.05, 4.69) is 5.32 Å². The van der Waals surface area contributed by atoms with Gasteiger partial charge in [-0.15, -0.1) is 0 Å². The molecule has 0 radical (unpaired) electrons. The summed E-state index contributed by atoms with van der Waals surface area (Å²) in [6.07, 6.45) is -5.31. The van der Waals surface area contributed by atoms with Gasteiger partial charge in [-0.1, -0.05) is 24.3 Å². The van der Waals surface area contributed by atoms with Gasteiger partial charge in [0.05, 0.1) is 17.2 Å². The van der Waals surface area contributed by atoms with Crippen LogP contribution in [0, 0.1) is 5.82 Å². The Hall–Kier alpha value is -2.41. The van der Waals surface area contributed by atoms with E-state index in [1.54, 1.807) is 6.07 Å². The van der Waals surface area contributed by atoms with Crippen molar-refractivity contribution in [3.05, 3.63) is 71.0 Å². The Balaban J connectivity index is 2.13. The second-order valence-electron chi connectivity index (χ2n) is 5.03. The summed E-state index contributed by atoms with van der Waals surface area (Å²) in [5.74, 6) is -1.34. The SMILES string of the molecule is CO[C@H](CNC(=O)c1ccccc1C(F)(F)F)c1cccc(F)c1. The van der Waals surface area contributed by atoms with E-state index in [9.17, 15) is 22.4 Å². The molecule has 2 rings (SSSR count). The molecule has 3 nitrogen and oxygen atoms in total. The fourth-order valence-electron chi connectivity index (χ4n) is 2.25. The van der Waals surface area contributed by atoms with Gasteiger partial charge >= 0.3 is 6.18 Å². The average molecular weight is 341 g/mol. The molecule has 0 aromatic heterocycles. The molecule has 1 amide bonds. The van der Waals surface area contributed by atoms with Crippen molar-refractivity contribution in [1.82, 2.24) is 5.32 Å². The first-order chi connectivity index (χ1) is 11.3. The molecule has 2 aromatic rings. The lowest BCUT2D eigenvalue weighted by Gasteiger charge is -2.18. The summed E-state index contributed by atoms with van der Waals surface area (Å²) in [5.41, 5.74) is -1.01. The molecule has 0 aliphatic heterocycles. The van der Waals surface area contributed by atoms with Crippen LogP contribution in [0.1, 0.15) is 27.6 Å². The van der Waals surface area contributed by atoms with Gasteiger partial charge in [0.15, 0.2) is 0 Å². The van der Waals surface area contributed by atoms with E-state index < -0.39 is 35.1 Å². The predicted octanol–water partition coefficient (Wildman–Crippen LogP) is 3.96. The maximum Gasteiger partial charge on any atom is 0.417 e. The number of carbonyl (C=O) groups is 1. The summed E-state index contributed by atoms with van der Waals surface area (Å²) in [6, 6.07) is 10.1. The molecule has 0 heterocycles. The summed E-state index contributed by atoms with van der Waals surface area (Å²) in [4.78, 5) is 12.1. The zero-order chi connectivity index (χ0) is 17.7. The van der Waals surface area contributed by atoms with E-state index in [-0.39, 0.29) is 6.54 Å². The molecule has 24 heavy (non-hydrogen) atoms. The largest absolute Gasteiger partial charge is 0.417 e. The van der Waals surface area contributed by atoms with Gasteiger partial charge in [0.1, 0.15) is 5.82 Å². The van der Waals surface area contributed by atoms with Crippen molar-refractivity contribution in [2.45, 2.75) is 12.3 Å². The summed E-state index contributed by atoms with van der Waals surface area (Å²) >= 11 is 0. The van der Waals surface area contributed by atoms with Crippen LogP contribution in [0.3, 0.4) is 0 Å². The zero-order valence-electron chi connectivity index (χ0n) is 12.7. The van der Waals surface area contributed by atoms with Crippen LogP contribution in [0.2, 0.25) is 0 Å². The number of rotatable bonds is 5. The van der Waals surface area contributed by atoms with Crippen LogP contribution in [0.15, 0.2) is 48.5 Å². The zero-order valence-corrected chi connectivity index (χ0v) is 12.7. The van der Waals surface area contributed by atoms with Crippen molar-refractivity contribution in [1.29, 1.82) is 0 Å². The number of hydrogen-bond acceptors (Lipinski definition) is 2. The van der Waals surface area contributed by atoms with Crippen LogP contribution in [0.5, 0.6) is 0 Å². The molecule has 1 N–H and O–H groups in total. The van der Waals surface area contributed by atoms with Gasteiger partial charge < -0.3 is 10.1 Å². The first-order valence-electron chi connectivity index (χ1n) is 7.05. The van der Waals surface area contributed by atoms with Crippen LogP contribution in [-0.4, -0.2) is 19.6 Å². The van der Waals surface area contributed by atoms with Crippen LogP contribution in [0.4, 0.5) is 17.6 Å². The third-order valence-electron chi connectivity index (χ3n) is 3.43. The minimum absolute atomic E-state index is 0.0923. The molecule has 0 bridgehead atoms. The highest BCUT2D eigenvalue weighted by Gasteiger charge is 2.34. The predicted molar refractivity (Wildman–Crippen MR) is 79.9 cm³/mol. The van der Waals surface area contributed by atoms with Crippen LogP contribution in [0.25, 0.3) is 0 Å². The minimum atomic E-state index is -4.63. The molecule has 0 aliphatic rings. The molecule has 1 atom stereocenters. The molecule has 0 unspecified atom stereocenters. The van der Waals surface area contributed by atoms with Crippen LogP contribution in [-0.2, 0) is 10.9 Å². The van der Waals surface area contributed by atoms with Crippen molar-refractivity contribution in [2.24, 2.45) is 0 Å². The monoisotopic (exact) mass is 341 g/mol. The quantitative estimate of drug-likeness (QED) is 0.836. The van der Waals surface area contributed by atoms with Crippen molar-refractivity contribution in [2.75, 3.05) is 13.7 Å². The molecule has 7 heteroatoms. The van der Waals surface area contributed by atoms with Crippen molar-refractivity contribution >= 4 is 5.91 Å². The second-order valence-corrected chi connectivity index (χ2v) is 5.03. The second kappa shape index (κ2) is 7.44. The van der Waals surface area contributed by atoms with E-state index in [0.717, 1.165) is 12.1 Å². The molecule has 0 fully saturated rings. The van der Waals surface area contributed by atoms with Gasteiger partial charge in [0.2, 0.25) is 0 Å². The van der Waals surface area contributed by atoms with Crippen LogP contribution < -0.4 is 5.32 Å². The van der Waals surface area contributed by atoms with E-state index in [0.29, 0.717) is 5.56 Å². The molecule has 0 spiro atoms. The number of methoxy groups -OCH3 is 1. The number of halogens is 4. The highest BCUT2D eigenvalue weighted by molar-refractivity contribution is 5.95. The lowest BCUT2D eigenvalue weighted by atomic mass is 10.1. The number of nitrogens with one attached hydrogen (secondary N) is 1. The minimum Gasteiger partial charge on any atom is -0.375 e. The first-order valence-corrected chi connectivity index (χ1v) is 7.05. The fourth-order valence-corrected chi connectivity index (χ4v) is 2.25. The molecule has 0 saturated heterocycles. The van der Waals surface area contributed by atoms with Gasteiger partial charge in [0.25, 0.3) is 5.91 Å². The molecular weight excluding hydrogens is 326 g/mol. The van der Waals surface area contributed by atoms with Crippen molar-refractivity contribution in [3.63, 3.8) is 0 Å². The van der Waals surface area contributed by atoms with E-state index in [1.807, 2.05) is 0 Å². The third-order valence-corrected chi connectivity index (χ3v) is 3.43. The Morgan fingerprint density at radius 1 is 1.17 bits per heavy atom. The fraction of sp³-hybridized carbons (Fsp3) is 0.235. The lowest BCUT2D eigenvalue weighted by molar-refractivity contribution is -0.137. The summed E-state index contributed by atoms with van der Waals surface area (Å²) < 4.78 is 57.2. The smallest absolute Gasteiger partial charge is 0.375 e. The summed E-state index contributed by atoms with van der Waals surface area (Å²) in [6.45, 7) is -0.0923. The van der Waals surface area contributed by atoms with Crippen LogP contribution >= 0.6 is 0 Å². The van der Waals surface area contributed by atoms with E-state index >= 15 is 0 Å². The van der Waals surface area contributed by atoms with E-state index in [4.69, 9.17) is 4.74 Å². The Morgan fingerprint density at radius 3 is 2.50 bits per heavy atom. The highest BCUT2D eigenvalue weighted by atomic mass is 19.4. The molecule has 0 saturated carbocycles. The van der Waals surface area contributed by atoms with Gasteiger partial charge in [-0.3, -0.25) is 4.79 Å². The van der Waals surface area contributed by atoms with E-state index in [1.165, 1.54) is 37.4 Å². The Morgan fingerprint density at radius 2 is 1.88 bits per heavy atom. The Bertz CT molecular complexity index is 716. The van der Waals surface area contributed by atoms with Gasteiger partial charge in [-0.05, 0) is 29.8 Å². The summed E-state index contributed by atoms with van der Waals surface area (Å²) in [5, 5.41) is 2.39. The number of alkyl halides is 3. The lowest BCUT2D eigenvalue weighted by Crippen LogP contribution is -2.30. The van der Waals surface area contributed by atoms with Gasteiger partial charge in [0, 0.05) is 13.7 Å². The van der Waals surface area contributed by atoms with Crippen molar-refractivity contribution < 1.29 is 27.1 Å². The third kappa shape index (κ3) is 4.32.